The third-order valence-corrected chi connectivity index (χ3v) is 7.06. The number of benzene rings is 1. The second-order valence-corrected chi connectivity index (χ2v) is 9.06. The lowest BCUT2D eigenvalue weighted by molar-refractivity contribution is -0.104. The molecule has 5 heteroatoms. The first-order valence-electron chi connectivity index (χ1n) is 11.0. The van der Waals surface area contributed by atoms with E-state index in [0.29, 0.717) is 12.2 Å². The van der Waals surface area contributed by atoms with E-state index in [9.17, 15) is 22.4 Å². The molecule has 0 spiro atoms. The number of halogens is 4. The lowest BCUT2D eigenvalue weighted by atomic mass is 9.65. The van der Waals surface area contributed by atoms with Gasteiger partial charge in [0.05, 0.1) is 0 Å². The number of alkyl halides is 4. The van der Waals surface area contributed by atoms with Crippen LogP contribution in [0.2, 0.25) is 0 Å². The molecule has 178 valence electrons. The Balaban J connectivity index is 0.000000333. The van der Waals surface area contributed by atoms with E-state index in [4.69, 9.17) is 0 Å². The Morgan fingerprint density at radius 2 is 1.75 bits per heavy atom. The highest BCUT2D eigenvalue weighted by molar-refractivity contribution is 5.80. The summed E-state index contributed by atoms with van der Waals surface area (Å²) in [7, 11) is 0. The van der Waals surface area contributed by atoms with E-state index in [2.05, 4.69) is 52.5 Å². The van der Waals surface area contributed by atoms with Crippen LogP contribution in [0.3, 0.4) is 0 Å². The summed E-state index contributed by atoms with van der Waals surface area (Å²) in [5, 5.41) is 0. The molecule has 0 heterocycles. The van der Waals surface area contributed by atoms with Gasteiger partial charge < -0.3 is 0 Å². The van der Waals surface area contributed by atoms with Crippen LogP contribution in [0.15, 0.2) is 53.6 Å². The van der Waals surface area contributed by atoms with Crippen LogP contribution in [-0.2, 0) is 4.79 Å². The predicted molar refractivity (Wildman–Crippen MR) is 125 cm³/mol. The molecule has 1 saturated carbocycles. The van der Waals surface area contributed by atoms with Crippen LogP contribution in [0.4, 0.5) is 17.6 Å². The monoisotopic (exact) mass is 452 g/mol. The molecule has 1 unspecified atom stereocenters. The lowest BCUT2D eigenvalue weighted by Gasteiger charge is -2.41. The van der Waals surface area contributed by atoms with Crippen molar-refractivity contribution < 1.29 is 22.4 Å². The van der Waals surface area contributed by atoms with Gasteiger partial charge in [-0.15, -0.1) is 0 Å². The molecule has 0 aromatic heterocycles. The van der Waals surface area contributed by atoms with Gasteiger partial charge in [-0.3, -0.25) is 4.79 Å². The summed E-state index contributed by atoms with van der Waals surface area (Å²) in [6.07, 6.45) is 1.46. The molecule has 1 fully saturated rings. The first-order chi connectivity index (χ1) is 14.8. The van der Waals surface area contributed by atoms with Gasteiger partial charge >= 0.3 is 6.18 Å². The average molecular weight is 453 g/mol. The van der Waals surface area contributed by atoms with E-state index in [-0.39, 0.29) is 16.6 Å². The van der Waals surface area contributed by atoms with Gasteiger partial charge in [0.25, 0.3) is 0 Å². The van der Waals surface area contributed by atoms with E-state index < -0.39 is 17.9 Å². The largest absolute Gasteiger partial charge is 0.412 e. The predicted octanol–water partition coefficient (Wildman–Crippen LogP) is 8.52. The normalized spacial score (nSPS) is 23.4. The minimum absolute atomic E-state index is 0.00479. The molecule has 32 heavy (non-hydrogen) atoms. The number of carbonyl (C=O) groups is 1. The molecule has 1 aromatic rings. The van der Waals surface area contributed by atoms with Crippen molar-refractivity contribution >= 4 is 6.29 Å². The quantitative estimate of drug-likeness (QED) is 0.189. The number of rotatable bonds is 5. The van der Waals surface area contributed by atoms with E-state index in [1.807, 2.05) is 0 Å². The second-order valence-electron chi connectivity index (χ2n) is 9.06. The molecule has 1 aromatic carbocycles. The zero-order valence-electron chi connectivity index (χ0n) is 20.1. The molecular weight excluding hydrogens is 416 g/mol. The molecule has 1 atom stereocenters. The standard InChI is InChI=1S/C17H25F.C10H11F3O/c1-12-6-5-7-16(13(12)2)14(3)17(4)10-8-15(18)9-11-17;1-4-5-9(6-14)7(2)8(3)10(11,12)13/h5-7,14-15H,8-11H2,1-4H3;4-6H,1H2,2-3H3/b;8-7+,9-5-. The van der Waals surface area contributed by atoms with Gasteiger partial charge in [-0.2, -0.15) is 13.2 Å². The van der Waals surface area contributed by atoms with E-state index in [1.54, 1.807) is 0 Å². The summed E-state index contributed by atoms with van der Waals surface area (Å²) in [4.78, 5) is 10.5. The van der Waals surface area contributed by atoms with Crippen molar-refractivity contribution in [3.8, 4) is 0 Å². The highest BCUT2D eigenvalue weighted by Gasteiger charge is 2.37. The Kier molecular flexibility index (Phi) is 10.1. The van der Waals surface area contributed by atoms with Crippen LogP contribution in [0, 0.1) is 19.3 Å². The van der Waals surface area contributed by atoms with E-state index in [1.165, 1.54) is 35.8 Å². The summed E-state index contributed by atoms with van der Waals surface area (Å²) in [5.41, 5.74) is 3.65. The van der Waals surface area contributed by atoms with Gasteiger partial charge in [0.1, 0.15) is 12.5 Å². The summed E-state index contributed by atoms with van der Waals surface area (Å²) < 4.78 is 50.0. The minimum atomic E-state index is -4.40. The third-order valence-electron chi connectivity index (χ3n) is 7.06. The van der Waals surface area contributed by atoms with Crippen molar-refractivity contribution in [2.75, 3.05) is 0 Å². The average Bonchev–Trinajstić information content (AvgIpc) is 2.74. The third kappa shape index (κ3) is 7.18. The molecular formula is C27H36F4O. The summed E-state index contributed by atoms with van der Waals surface area (Å²) in [6.45, 7) is 14.6. The molecule has 1 aliphatic rings. The fourth-order valence-electron chi connectivity index (χ4n) is 4.10. The van der Waals surface area contributed by atoms with Crippen molar-refractivity contribution in [3.63, 3.8) is 0 Å². The van der Waals surface area contributed by atoms with Crippen LogP contribution in [0.5, 0.6) is 0 Å². The molecule has 0 bridgehead atoms. The molecule has 2 rings (SSSR count). The topological polar surface area (TPSA) is 17.1 Å². The van der Waals surface area contributed by atoms with Crippen molar-refractivity contribution in [1.82, 2.24) is 0 Å². The van der Waals surface area contributed by atoms with E-state index in [0.717, 1.165) is 32.6 Å². The summed E-state index contributed by atoms with van der Waals surface area (Å²) >= 11 is 0. The molecule has 1 aliphatic carbocycles. The Morgan fingerprint density at radius 1 is 1.19 bits per heavy atom. The number of allylic oxidation sites excluding steroid dienone is 5. The first kappa shape index (κ1) is 27.9. The molecule has 0 radical (unpaired) electrons. The van der Waals surface area contributed by atoms with Crippen LogP contribution < -0.4 is 0 Å². The maximum atomic E-state index is 13.3. The van der Waals surface area contributed by atoms with Crippen LogP contribution in [0.25, 0.3) is 0 Å². The van der Waals surface area contributed by atoms with Gasteiger partial charge in [0.15, 0.2) is 0 Å². The van der Waals surface area contributed by atoms with Crippen molar-refractivity contribution in [3.05, 3.63) is 70.3 Å². The highest BCUT2D eigenvalue weighted by atomic mass is 19.4. The Bertz CT molecular complexity index is 853. The molecule has 0 N–H and O–H groups in total. The molecule has 0 aliphatic heterocycles. The fraction of sp³-hybridized carbons (Fsp3) is 0.519. The summed E-state index contributed by atoms with van der Waals surface area (Å²) in [5.74, 6) is 0.518. The minimum Gasteiger partial charge on any atom is -0.298 e. The van der Waals surface area contributed by atoms with Gasteiger partial charge in [0.2, 0.25) is 0 Å². The zero-order valence-corrected chi connectivity index (χ0v) is 20.1. The maximum absolute atomic E-state index is 13.3. The van der Waals surface area contributed by atoms with Crippen LogP contribution in [-0.4, -0.2) is 18.6 Å². The molecule has 0 saturated heterocycles. The van der Waals surface area contributed by atoms with Gasteiger partial charge in [-0.25, -0.2) is 4.39 Å². The van der Waals surface area contributed by atoms with Crippen molar-refractivity contribution in [2.45, 2.75) is 85.5 Å². The molecule has 0 amide bonds. The number of hydrogen-bond acceptors (Lipinski definition) is 1. The van der Waals surface area contributed by atoms with Crippen LogP contribution in [0.1, 0.15) is 76.0 Å². The number of aldehydes is 1. The Morgan fingerprint density at radius 3 is 2.22 bits per heavy atom. The number of hydrogen-bond donors (Lipinski definition) is 0. The van der Waals surface area contributed by atoms with Crippen molar-refractivity contribution in [2.24, 2.45) is 5.41 Å². The van der Waals surface area contributed by atoms with Crippen molar-refractivity contribution in [1.29, 1.82) is 0 Å². The zero-order chi connectivity index (χ0) is 24.7. The number of aryl methyl sites for hydroxylation is 1. The second kappa shape index (κ2) is 11.6. The van der Waals surface area contributed by atoms with Gasteiger partial charge in [0, 0.05) is 11.1 Å². The summed E-state index contributed by atoms with van der Waals surface area (Å²) in [6, 6.07) is 6.57. The fourth-order valence-corrected chi connectivity index (χ4v) is 4.10. The Labute approximate surface area is 190 Å². The lowest BCUT2D eigenvalue weighted by Crippen LogP contribution is -2.30. The smallest absolute Gasteiger partial charge is 0.298 e. The maximum Gasteiger partial charge on any atom is 0.412 e. The first-order valence-corrected chi connectivity index (χ1v) is 11.0. The highest BCUT2D eigenvalue weighted by Crippen LogP contribution is 2.48. The molecule has 1 nitrogen and oxygen atoms in total. The van der Waals surface area contributed by atoms with Gasteiger partial charge in [-0.1, -0.05) is 50.8 Å². The SMILES string of the molecule is C=C/C=C(C=O)\C(C)=C(/C)C(F)(F)F.Cc1cccc(C(C)C2(C)CCC(F)CC2)c1C. The van der Waals surface area contributed by atoms with Crippen LogP contribution >= 0.6 is 0 Å². The van der Waals surface area contributed by atoms with E-state index >= 15 is 0 Å². The Hall–Kier alpha value is -2.17. The number of carbonyl (C=O) groups excluding carboxylic acids is 1. The van der Waals surface area contributed by atoms with Gasteiger partial charge in [-0.05, 0) is 87.0 Å².